The molecular formula is C21H28O4. The molecule has 4 heteroatoms. The van der Waals surface area contributed by atoms with Gasteiger partial charge in [-0.2, -0.15) is 0 Å². The Morgan fingerprint density at radius 2 is 1.04 bits per heavy atom. The summed E-state index contributed by atoms with van der Waals surface area (Å²) in [6, 6.07) is 8.07. The molecule has 0 heterocycles. The number of hydrogen-bond acceptors (Lipinski definition) is 4. The highest BCUT2D eigenvalue weighted by Gasteiger charge is 2.12. The number of aromatic hydroxyl groups is 2. The van der Waals surface area contributed by atoms with Gasteiger partial charge in [0.1, 0.15) is 11.5 Å². The van der Waals surface area contributed by atoms with Crippen molar-refractivity contribution in [2.45, 2.75) is 46.3 Å². The molecular weight excluding hydrogens is 316 g/mol. The molecule has 0 spiro atoms. The van der Waals surface area contributed by atoms with Gasteiger partial charge < -0.3 is 19.7 Å². The average Bonchev–Trinajstić information content (AvgIpc) is 2.60. The Bertz CT molecular complexity index is 670. The standard InChI is InChI=1S/C21H28O4/c1-5-16-8-14(9-17(6-2)20(16)22)7-15-10-18(12-24-3)21(23)19(11-15)13-25-4/h8-11,22-23H,5-7,12-13H2,1-4H3. The molecule has 0 unspecified atom stereocenters. The van der Waals surface area contributed by atoms with Crippen molar-refractivity contribution in [2.75, 3.05) is 14.2 Å². The van der Waals surface area contributed by atoms with E-state index in [0.29, 0.717) is 19.0 Å². The van der Waals surface area contributed by atoms with Crippen LogP contribution in [0.15, 0.2) is 24.3 Å². The summed E-state index contributed by atoms with van der Waals surface area (Å²) in [5, 5.41) is 20.6. The van der Waals surface area contributed by atoms with E-state index in [1.807, 2.05) is 26.0 Å². The Morgan fingerprint density at radius 1 is 0.680 bits per heavy atom. The third kappa shape index (κ3) is 4.53. The lowest BCUT2D eigenvalue weighted by Gasteiger charge is -2.14. The summed E-state index contributed by atoms with van der Waals surface area (Å²) in [5.41, 5.74) is 5.72. The molecule has 2 aromatic rings. The minimum atomic E-state index is 0.238. The molecule has 0 bridgehead atoms. The fraction of sp³-hybridized carbons (Fsp3) is 0.429. The van der Waals surface area contributed by atoms with E-state index in [1.54, 1.807) is 14.2 Å². The van der Waals surface area contributed by atoms with Gasteiger partial charge in [-0.05, 0) is 53.6 Å². The summed E-state index contributed by atoms with van der Waals surface area (Å²) in [4.78, 5) is 0. The Morgan fingerprint density at radius 3 is 1.40 bits per heavy atom. The molecule has 0 aromatic heterocycles. The summed E-state index contributed by atoms with van der Waals surface area (Å²) in [6.07, 6.45) is 2.33. The van der Waals surface area contributed by atoms with Crippen LogP contribution in [0.3, 0.4) is 0 Å². The van der Waals surface area contributed by atoms with Crippen LogP contribution >= 0.6 is 0 Å². The highest BCUT2D eigenvalue weighted by atomic mass is 16.5. The summed E-state index contributed by atoms with van der Waals surface area (Å²) < 4.78 is 10.4. The number of phenols is 2. The van der Waals surface area contributed by atoms with E-state index < -0.39 is 0 Å². The van der Waals surface area contributed by atoms with Crippen LogP contribution in [0.4, 0.5) is 0 Å². The van der Waals surface area contributed by atoms with Crippen LogP contribution in [-0.4, -0.2) is 24.4 Å². The summed E-state index contributed by atoms with van der Waals surface area (Å²) >= 11 is 0. The first-order valence-electron chi connectivity index (χ1n) is 8.69. The van der Waals surface area contributed by atoms with Gasteiger partial charge in [-0.3, -0.25) is 0 Å². The normalized spacial score (nSPS) is 11.0. The second-order valence-corrected chi connectivity index (χ2v) is 6.28. The number of ether oxygens (including phenoxy) is 2. The molecule has 4 nitrogen and oxygen atoms in total. The van der Waals surface area contributed by atoms with Crippen molar-refractivity contribution in [3.63, 3.8) is 0 Å². The zero-order valence-corrected chi connectivity index (χ0v) is 15.6. The summed E-state index contributed by atoms with van der Waals surface area (Å²) in [5.74, 6) is 0.654. The first-order valence-corrected chi connectivity index (χ1v) is 8.69. The van der Waals surface area contributed by atoms with Gasteiger partial charge in [0.15, 0.2) is 0 Å². The van der Waals surface area contributed by atoms with Crippen molar-refractivity contribution in [3.05, 3.63) is 57.6 Å². The Hall–Kier alpha value is -2.04. The van der Waals surface area contributed by atoms with Gasteiger partial charge in [0.25, 0.3) is 0 Å². The van der Waals surface area contributed by atoms with E-state index in [1.165, 1.54) is 0 Å². The van der Waals surface area contributed by atoms with Crippen molar-refractivity contribution in [1.82, 2.24) is 0 Å². The van der Waals surface area contributed by atoms with E-state index in [-0.39, 0.29) is 5.75 Å². The minimum Gasteiger partial charge on any atom is -0.507 e. The van der Waals surface area contributed by atoms with Crippen LogP contribution in [0.2, 0.25) is 0 Å². The number of aryl methyl sites for hydroxylation is 2. The van der Waals surface area contributed by atoms with Crippen LogP contribution in [0.1, 0.15) is 47.2 Å². The van der Waals surface area contributed by atoms with Gasteiger partial charge >= 0.3 is 0 Å². The molecule has 0 radical (unpaired) electrons. The van der Waals surface area contributed by atoms with Crippen molar-refractivity contribution in [2.24, 2.45) is 0 Å². The maximum absolute atomic E-state index is 10.3. The summed E-state index contributed by atoms with van der Waals surface area (Å²) in [7, 11) is 3.23. The van der Waals surface area contributed by atoms with Crippen LogP contribution < -0.4 is 0 Å². The summed E-state index contributed by atoms with van der Waals surface area (Å²) in [6.45, 7) is 4.80. The van der Waals surface area contributed by atoms with Crippen molar-refractivity contribution >= 4 is 0 Å². The quantitative estimate of drug-likeness (QED) is 0.757. The van der Waals surface area contributed by atoms with Crippen molar-refractivity contribution in [1.29, 1.82) is 0 Å². The van der Waals surface area contributed by atoms with Crippen LogP contribution in [0.5, 0.6) is 11.5 Å². The number of rotatable bonds is 8. The lowest BCUT2D eigenvalue weighted by atomic mass is 9.94. The second-order valence-electron chi connectivity index (χ2n) is 6.28. The number of phenolic OH excluding ortho intramolecular Hbond substituents is 2. The molecule has 0 atom stereocenters. The maximum atomic E-state index is 10.3. The largest absolute Gasteiger partial charge is 0.507 e. The van der Waals surface area contributed by atoms with E-state index in [0.717, 1.165) is 52.6 Å². The van der Waals surface area contributed by atoms with Gasteiger partial charge in [-0.25, -0.2) is 0 Å². The lowest BCUT2D eigenvalue weighted by Crippen LogP contribution is -2.00. The predicted octanol–water partition coefficient (Wildman–Crippen LogP) is 4.11. The first kappa shape index (κ1) is 19.3. The number of methoxy groups -OCH3 is 2. The fourth-order valence-electron chi connectivity index (χ4n) is 3.17. The highest BCUT2D eigenvalue weighted by molar-refractivity contribution is 5.48. The third-order valence-corrected chi connectivity index (χ3v) is 4.42. The van der Waals surface area contributed by atoms with Gasteiger partial charge in [0.2, 0.25) is 0 Å². The monoisotopic (exact) mass is 344 g/mol. The third-order valence-electron chi connectivity index (χ3n) is 4.42. The topological polar surface area (TPSA) is 58.9 Å². The van der Waals surface area contributed by atoms with Gasteiger partial charge in [0, 0.05) is 25.3 Å². The molecule has 2 aromatic carbocycles. The molecule has 0 aliphatic heterocycles. The Labute approximate surface area is 150 Å². The minimum absolute atomic E-state index is 0.238. The molecule has 0 aliphatic carbocycles. The number of hydrogen-bond donors (Lipinski definition) is 2. The first-order chi connectivity index (χ1) is 12.0. The number of benzene rings is 2. The molecule has 136 valence electrons. The van der Waals surface area contributed by atoms with E-state index in [2.05, 4.69) is 12.1 Å². The fourth-order valence-corrected chi connectivity index (χ4v) is 3.17. The molecule has 0 amide bonds. The van der Waals surface area contributed by atoms with Crippen molar-refractivity contribution in [3.8, 4) is 11.5 Å². The van der Waals surface area contributed by atoms with E-state index in [9.17, 15) is 10.2 Å². The molecule has 0 aliphatic rings. The van der Waals surface area contributed by atoms with E-state index in [4.69, 9.17) is 9.47 Å². The average molecular weight is 344 g/mol. The van der Waals surface area contributed by atoms with Gasteiger partial charge in [-0.1, -0.05) is 26.0 Å². The second kappa shape index (κ2) is 8.88. The Kier molecular flexibility index (Phi) is 6.85. The van der Waals surface area contributed by atoms with Crippen LogP contribution in [0, 0.1) is 0 Å². The zero-order valence-electron chi connectivity index (χ0n) is 15.6. The molecule has 2 N–H and O–H groups in total. The Balaban J connectivity index is 2.42. The molecule has 0 saturated carbocycles. The van der Waals surface area contributed by atoms with Crippen LogP contribution in [0.25, 0.3) is 0 Å². The van der Waals surface area contributed by atoms with Crippen LogP contribution in [-0.2, 0) is 41.9 Å². The SMILES string of the molecule is CCc1cc(Cc2cc(COC)c(O)c(COC)c2)cc(CC)c1O. The molecule has 2 rings (SSSR count). The van der Waals surface area contributed by atoms with Crippen molar-refractivity contribution < 1.29 is 19.7 Å². The maximum Gasteiger partial charge on any atom is 0.126 e. The molecule has 25 heavy (non-hydrogen) atoms. The highest BCUT2D eigenvalue weighted by Crippen LogP contribution is 2.30. The predicted molar refractivity (Wildman–Crippen MR) is 99.2 cm³/mol. The zero-order chi connectivity index (χ0) is 18.4. The molecule has 0 fully saturated rings. The van der Waals surface area contributed by atoms with Gasteiger partial charge in [0.05, 0.1) is 13.2 Å². The van der Waals surface area contributed by atoms with Gasteiger partial charge in [-0.15, -0.1) is 0 Å². The smallest absolute Gasteiger partial charge is 0.126 e. The molecule has 0 saturated heterocycles. The van der Waals surface area contributed by atoms with E-state index >= 15 is 0 Å². The lowest BCUT2D eigenvalue weighted by molar-refractivity contribution is 0.174.